The van der Waals surface area contributed by atoms with Crippen LogP contribution in [-0.4, -0.2) is 16.1 Å². The lowest BCUT2D eigenvalue weighted by atomic mass is 10.0. The summed E-state index contributed by atoms with van der Waals surface area (Å²) in [5.41, 5.74) is 4.29. The van der Waals surface area contributed by atoms with Gasteiger partial charge in [0.15, 0.2) is 6.29 Å². The second-order valence-electron chi connectivity index (χ2n) is 5.69. The Morgan fingerprint density at radius 3 is 2.75 bits per heavy atom. The van der Waals surface area contributed by atoms with E-state index in [0.29, 0.717) is 5.92 Å². The van der Waals surface area contributed by atoms with Crippen molar-refractivity contribution in [2.24, 2.45) is 0 Å². The van der Waals surface area contributed by atoms with E-state index in [4.69, 9.17) is 0 Å². The maximum atomic E-state index is 11.3. The molecule has 1 heterocycles. The van der Waals surface area contributed by atoms with Crippen molar-refractivity contribution in [3.8, 4) is 0 Å². The molecule has 104 valence electrons. The Kier molecular flexibility index (Phi) is 3.68. The van der Waals surface area contributed by atoms with Gasteiger partial charge in [0.05, 0.1) is 17.8 Å². The molecule has 3 nitrogen and oxygen atoms in total. The van der Waals surface area contributed by atoms with E-state index in [1.165, 1.54) is 36.8 Å². The van der Waals surface area contributed by atoms with Crippen LogP contribution in [0.25, 0.3) is 0 Å². The Hall–Kier alpha value is -1.90. The molecule has 1 saturated carbocycles. The number of hydrogen-bond acceptors (Lipinski definition) is 2. The van der Waals surface area contributed by atoms with Gasteiger partial charge in [-0.15, -0.1) is 0 Å². The van der Waals surface area contributed by atoms with Crippen LogP contribution >= 0.6 is 0 Å². The summed E-state index contributed by atoms with van der Waals surface area (Å²) in [6, 6.07) is 8.32. The van der Waals surface area contributed by atoms with E-state index in [0.717, 1.165) is 24.1 Å². The molecule has 0 amide bonds. The van der Waals surface area contributed by atoms with Gasteiger partial charge >= 0.3 is 0 Å². The first-order chi connectivity index (χ1) is 9.78. The third kappa shape index (κ3) is 2.53. The highest BCUT2D eigenvalue weighted by molar-refractivity contribution is 5.76. The van der Waals surface area contributed by atoms with Crippen molar-refractivity contribution in [2.45, 2.75) is 45.1 Å². The van der Waals surface area contributed by atoms with Gasteiger partial charge in [0.2, 0.25) is 0 Å². The van der Waals surface area contributed by atoms with Gasteiger partial charge in [0.25, 0.3) is 0 Å². The fourth-order valence-corrected chi connectivity index (χ4v) is 3.10. The molecule has 0 atom stereocenters. The fourth-order valence-electron chi connectivity index (χ4n) is 3.10. The Morgan fingerprint density at radius 1 is 1.30 bits per heavy atom. The number of carbonyl (C=O) groups is 1. The first-order valence-electron chi connectivity index (χ1n) is 7.35. The third-order valence-corrected chi connectivity index (χ3v) is 4.28. The number of aromatic nitrogens is 2. The normalized spacial score (nSPS) is 15.7. The minimum Gasteiger partial charge on any atom is -0.298 e. The maximum Gasteiger partial charge on any atom is 0.153 e. The fraction of sp³-hybridized carbons (Fsp3) is 0.412. The molecule has 20 heavy (non-hydrogen) atoms. The molecule has 0 unspecified atom stereocenters. The third-order valence-electron chi connectivity index (χ3n) is 4.28. The van der Waals surface area contributed by atoms with E-state index in [1.807, 2.05) is 23.0 Å². The molecule has 1 aliphatic carbocycles. The van der Waals surface area contributed by atoms with Gasteiger partial charge in [-0.3, -0.25) is 9.48 Å². The maximum absolute atomic E-state index is 11.3. The van der Waals surface area contributed by atoms with Crippen LogP contribution in [-0.2, 0) is 6.54 Å². The van der Waals surface area contributed by atoms with Gasteiger partial charge < -0.3 is 0 Å². The lowest BCUT2D eigenvalue weighted by molar-refractivity contribution is 0.112. The summed E-state index contributed by atoms with van der Waals surface area (Å²) in [4.78, 5) is 11.3. The molecule has 0 aliphatic heterocycles. The summed E-state index contributed by atoms with van der Waals surface area (Å²) in [7, 11) is 0. The Labute approximate surface area is 119 Å². The Balaban J connectivity index is 1.87. The van der Waals surface area contributed by atoms with Crippen molar-refractivity contribution in [3.63, 3.8) is 0 Å². The molecule has 1 aliphatic rings. The molecule has 0 radical (unpaired) electrons. The van der Waals surface area contributed by atoms with E-state index in [9.17, 15) is 4.79 Å². The molecular weight excluding hydrogens is 248 g/mol. The first kappa shape index (κ1) is 13.1. The molecule has 1 aromatic heterocycles. The van der Waals surface area contributed by atoms with Crippen LogP contribution in [0, 0.1) is 6.92 Å². The predicted molar refractivity (Wildman–Crippen MR) is 79.1 cm³/mol. The summed E-state index contributed by atoms with van der Waals surface area (Å²) in [6.07, 6.45) is 7.70. The highest BCUT2D eigenvalue weighted by Gasteiger charge is 2.23. The first-order valence-corrected chi connectivity index (χ1v) is 7.35. The molecule has 1 fully saturated rings. The van der Waals surface area contributed by atoms with Crippen LogP contribution in [0.5, 0.6) is 0 Å². The molecular formula is C17H20N2O. The van der Waals surface area contributed by atoms with Crippen LogP contribution in [0.15, 0.2) is 30.5 Å². The average molecular weight is 268 g/mol. The molecule has 0 bridgehead atoms. The molecule has 0 spiro atoms. The summed E-state index contributed by atoms with van der Waals surface area (Å²) in [5.74, 6) is 0.480. The Bertz CT molecular complexity index is 609. The topological polar surface area (TPSA) is 34.9 Å². The highest BCUT2D eigenvalue weighted by Crippen LogP contribution is 2.34. The second-order valence-corrected chi connectivity index (χ2v) is 5.69. The SMILES string of the molecule is Cc1ccccc1Cn1cc(C=O)c(C2CCCC2)n1. The minimum atomic E-state index is 0.480. The summed E-state index contributed by atoms with van der Waals surface area (Å²) < 4.78 is 1.92. The molecule has 2 aromatic rings. The number of aldehydes is 1. The van der Waals surface area contributed by atoms with Crippen LogP contribution in [0.4, 0.5) is 0 Å². The second kappa shape index (κ2) is 5.61. The van der Waals surface area contributed by atoms with E-state index >= 15 is 0 Å². The van der Waals surface area contributed by atoms with Gasteiger partial charge in [-0.2, -0.15) is 5.10 Å². The smallest absolute Gasteiger partial charge is 0.153 e. The average Bonchev–Trinajstić information content (AvgIpc) is 3.09. The quantitative estimate of drug-likeness (QED) is 0.792. The van der Waals surface area contributed by atoms with E-state index in [2.05, 4.69) is 24.2 Å². The van der Waals surface area contributed by atoms with E-state index in [1.54, 1.807) is 0 Å². The molecule has 0 saturated heterocycles. The van der Waals surface area contributed by atoms with Gasteiger partial charge in [0.1, 0.15) is 0 Å². The van der Waals surface area contributed by atoms with Crippen molar-refractivity contribution in [1.82, 2.24) is 9.78 Å². The molecule has 0 N–H and O–H groups in total. The van der Waals surface area contributed by atoms with Gasteiger partial charge in [-0.1, -0.05) is 37.1 Å². The standard InChI is InChI=1S/C17H20N2O/c1-13-6-2-3-9-15(13)10-19-11-16(12-20)17(18-19)14-7-4-5-8-14/h2-3,6,9,11-12,14H,4-5,7-8,10H2,1H3. The van der Waals surface area contributed by atoms with Crippen LogP contribution in [0.1, 0.15) is 58.8 Å². The lowest BCUT2D eigenvalue weighted by Gasteiger charge is -2.07. The van der Waals surface area contributed by atoms with Gasteiger partial charge in [-0.05, 0) is 30.9 Å². The monoisotopic (exact) mass is 268 g/mol. The van der Waals surface area contributed by atoms with Crippen LogP contribution in [0.3, 0.4) is 0 Å². The molecule has 3 rings (SSSR count). The highest BCUT2D eigenvalue weighted by atomic mass is 16.1. The van der Waals surface area contributed by atoms with Crippen molar-refractivity contribution in [2.75, 3.05) is 0 Å². The lowest BCUT2D eigenvalue weighted by Crippen LogP contribution is -2.03. The zero-order valence-corrected chi connectivity index (χ0v) is 11.9. The van der Waals surface area contributed by atoms with Crippen molar-refractivity contribution >= 4 is 6.29 Å². The zero-order chi connectivity index (χ0) is 13.9. The summed E-state index contributed by atoms with van der Waals surface area (Å²) in [5, 5.41) is 4.68. The number of rotatable bonds is 4. The number of hydrogen-bond donors (Lipinski definition) is 0. The molecule has 1 aromatic carbocycles. The van der Waals surface area contributed by atoms with Gasteiger partial charge in [0, 0.05) is 12.1 Å². The number of nitrogens with zero attached hydrogens (tertiary/aromatic N) is 2. The number of carbonyl (C=O) groups excluding carboxylic acids is 1. The van der Waals surface area contributed by atoms with Gasteiger partial charge in [-0.25, -0.2) is 0 Å². The summed E-state index contributed by atoms with van der Waals surface area (Å²) in [6.45, 7) is 2.84. The predicted octanol–water partition coefficient (Wildman–Crippen LogP) is 3.71. The zero-order valence-electron chi connectivity index (χ0n) is 11.9. The van der Waals surface area contributed by atoms with Crippen molar-refractivity contribution < 1.29 is 4.79 Å². The Morgan fingerprint density at radius 2 is 2.05 bits per heavy atom. The van der Waals surface area contributed by atoms with Crippen LogP contribution in [0.2, 0.25) is 0 Å². The van der Waals surface area contributed by atoms with Crippen LogP contribution < -0.4 is 0 Å². The molecule has 3 heteroatoms. The van der Waals surface area contributed by atoms with E-state index < -0.39 is 0 Å². The van der Waals surface area contributed by atoms with E-state index in [-0.39, 0.29) is 0 Å². The van der Waals surface area contributed by atoms with Crippen molar-refractivity contribution in [3.05, 3.63) is 52.8 Å². The van der Waals surface area contributed by atoms with Crippen molar-refractivity contribution in [1.29, 1.82) is 0 Å². The number of benzene rings is 1. The largest absolute Gasteiger partial charge is 0.298 e. The number of aryl methyl sites for hydroxylation is 1. The minimum absolute atomic E-state index is 0.480. The summed E-state index contributed by atoms with van der Waals surface area (Å²) >= 11 is 0.